The van der Waals surface area contributed by atoms with E-state index in [4.69, 9.17) is 4.42 Å². The molecular formula is C23H28N4O2. The van der Waals surface area contributed by atoms with Crippen LogP contribution in [-0.2, 0) is 13.5 Å². The first kappa shape index (κ1) is 19.4. The topological polar surface area (TPSA) is 64.2 Å². The summed E-state index contributed by atoms with van der Waals surface area (Å²) in [5.41, 5.74) is 2.74. The summed E-state index contributed by atoms with van der Waals surface area (Å²) in [5.74, 6) is 1.74. The van der Waals surface area contributed by atoms with Crippen LogP contribution < -0.4 is 0 Å². The molecule has 1 unspecified atom stereocenters. The molecule has 1 aliphatic heterocycles. The zero-order chi connectivity index (χ0) is 20.4. The van der Waals surface area contributed by atoms with Gasteiger partial charge in [0.15, 0.2) is 0 Å². The van der Waals surface area contributed by atoms with Crippen molar-refractivity contribution in [3.8, 4) is 0 Å². The van der Waals surface area contributed by atoms with Gasteiger partial charge in [0.2, 0.25) is 5.89 Å². The lowest BCUT2D eigenvalue weighted by molar-refractivity contribution is 0.0558. The molecule has 3 aromatic rings. The Hall–Kier alpha value is -2.89. The van der Waals surface area contributed by atoms with Crippen molar-refractivity contribution in [2.75, 3.05) is 6.54 Å². The van der Waals surface area contributed by atoms with Crippen LogP contribution in [0.5, 0.6) is 0 Å². The quantitative estimate of drug-likeness (QED) is 0.642. The summed E-state index contributed by atoms with van der Waals surface area (Å²) in [6.45, 7) is 4.88. The Morgan fingerprint density at radius 3 is 2.76 bits per heavy atom. The molecule has 152 valence electrons. The van der Waals surface area contributed by atoms with Gasteiger partial charge in [-0.3, -0.25) is 9.48 Å². The minimum Gasteiger partial charge on any atom is -0.443 e. The fourth-order valence-electron chi connectivity index (χ4n) is 3.91. The Bertz CT molecular complexity index is 974. The van der Waals surface area contributed by atoms with E-state index in [1.165, 1.54) is 5.56 Å². The van der Waals surface area contributed by atoms with Gasteiger partial charge in [-0.25, -0.2) is 4.98 Å². The molecule has 1 saturated heterocycles. The van der Waals surface area contributed by atoms with Crippen LogP contribution in [0.1, 0.15) is 78.5 Å². The van der Waals surface area contributed by atoms with Crippen molar-refractivity contribution in [1.82, 2.24) is 19.7 Å². The van der Waals surface area contributed by atoms with Crippen LogP contribution in [0, 0.1) is 0 Å². The Morgan fingerprint density at radius 2 is 2.03 bits per heavy atom. The summed E-state index contributed by atoms with van der Waals surface area (Å²) < 4.78 is 7.78. The van der Waals surface area contributed by atoms with Crippen molar-refractivity contribution in [2.45, 2.75) is 51.5 Å². The highest BCUT2D eigenvalue weighted by Crippen LogP contribution is 2.32. The molecule has 1 atom stereocenters. The maximum absolute atomic E-state index is 13.3. The lowest BCUT2D eigenvalue weighted by atomic mass is 10.0. The van der Waals surface area contributed by atoms with Gasteiger partial charge in [0.05, 0.1) is 11.9 Å². The minimum absolute atomic E-state index is 0.000547. The molecule has 0 aliphatic carbocycles. The average molecular weight is 393 g/mol. The van der Waals surface area contributed by atoms with Gasteiger partial charge >= 0.3 is 0 Å². The number of carbonyl (C=O) groups excluding carboxylic acids is 1. The minimum atomic E-state index is -0.127. The maximum atomic E-state index is 13.3. The Kier molecular flexibility index (Phi) is 5.51. The van der Waals surface area contributed by atoms with E-state index in [0.29, 0.717) is 24.6 Å². The number of likely N-dealkylation sites (tertiary alicyclic amines) is 1. The molecule has 6 nitrogen and oxygen atoms in total. The standard InChI is InChI=1S/C23H28N4O2/c1-16(2)19-14-21(26(3)25-19)23(28)27-12-8-7-11-20(27)22-24-15-18(29-22)13-17-9-5-4-6-10-17/h4-6,9-10,14-16,20H,7-8,11-13H2,1-3H3. The summed E-state index contributed by atoms with van der Waals surface area (Å²) in [4.78, 5) is 19.8. The maximum Gasteiger partial charge on any atom is 0.272 e. The summed E-state index contributed by atoms with van der Waals surface area (Å²) in [6.07, 6.45) is 5.42. The molecule has 3 heterocycles. The second kappa shape index (κ2) is 8.23. The second-order valence-corrected chi connectivity index (χ2v) is 8.07. The number of carbonyl (C=O) groups is 1. The summed E-state index contributed by atoms with van der Waals surface area (Å²) in [6, 6.07) is 12.0. The van der Waals surface area contributed by atoms with Gasteiger partial charge < -0.3 is 9.32 Å². The summed E-state index contributed by atoms with van der Waals surface area (Å²) in [5, 5.41) is 4.50. The van der Waals surface area contributed by atoms with Crippen molar-refractivity contribution in [2.24, 2.45) is 7.05 Å². The molecule has 1 fully saturated rings. The van der Waals surface area contributed by atoms with Gasteiger partial charge in [-0.05, 0) is 36.8 Å². The first-order valence-corrected chi connectivity index (χ1v) is 10.4. The number of nitrogens with zero attached hydrogens (tertiary/aromatic N) is 4. The first-order chi connectivity index (χ1) is 14.0. The van der Waals surface area contributed by atoms with Crippen LogP contribution in [0.3, 0.4) is 0 Å². The van der Waals surface area contributed by atoms with Crippen LogP contribution in [-0.4, -0.2) is 32.1 Å². The van der Waals surface area contributed by atoms with E-state index in [1.54, 1.807) is 10.9 Å². The number of oxazole rings is 1. The van der Waals surface area contributed by atoms with Gasteiger partial charge in [-0.2, -0.15) is 5.10 Å². The van der Waals surface area contributed by atoms with Gasteiger partial charge in [0, 0.05) is 20.0 Å². The number of benzene rings is 1. The molecule has 0 radical (unpaired) electrons. The molecule has 0 saturated carbocycles. The third kappa shape index (κ3) is 4.11. The van der Waals surface area contributed by atoms with Gasteiger partial charge in [-0.15, -0.1) is 0 Å². The highest BCUT2D eigenvalue weighted by Gasteiger charge is 2.33. The second-order valence-electron chi connectivity index (χ2n) is 8.07. The van der Waals surface area contributed by atoms with Gasteiger partial charge in [-0.1, -0.05) is 44.2 Å². The van der Waals surface area contributed by atoms with Crippen LogP contribution >= 0.6 is 0 Å². The van der Waals surface area contributed by atoms with E-state index in [2.05, 4.69) is 36.1 Å². The molecule has 0 bridgehead atoms. The number of hydrogen-bond acceptors (Lipinski definition) is 4. The van der Waals surface area contributed by atoms with E-state index < -0.39 is 0 Å². The highest BCUT2D eigenvalue weighted by molar-refractivity contribution is 5.93. The average Bonchev–Trinajstić information content (AvgIpc) is 3.35. The van der Waals surface area contributed by atoms with E-state index in [9.17, 15) is 4.79 Å². The summed E-state index contributed by atoms with van der Waals surface area (Å²) in [7, 11) is 1.83. The fraction of sp³-hybridized carbons (Fsp3) is 0.435. The zero-order valence-electron chi connectivity index (χ0n) is 17.3. The molecule has 29 heavy (non-hydrogen) atoms. The number of piperidine rings is 1. The summed E-state index contributed by atoms with van der Waals surface area (Å²) >= 11 is 0. The predicted octanol–water partition coefficient (Wildman–Crippen LogP) is 4.49. The molecule has 1 aliphatic rings. The Morgan fingerprint density at radius 1 is 1.24 bits per heavy atom. The number of amides is 1. The van der Waals surface area contributed by atoms with Gasteiger partial charge in [0.25, 0.3) is 5.91 Å². The highest BCUT2D eigenvalue weighted by atomic mass is 16.4. The number of hydrogen-bond donors (Lipinski definition) is 0. The van der Waals surface area contributed by atoms with E-state index >= 15 is 0 Å². The third-order valence-corrected chi connectivity index (χ3v) is 5.55. The predicted molar refractivity (Wildman–Crippen MR) is 111 cm³/mol. The molecule has 6 heteroatoms. The molecule has 2 aromatic heterocycles. The van der Waals surface area contributed by atoms with Gasteiger partial charge in [0.1, 0.15) is 17.5 Å². The van der Waals surface area contributed by atoms with Crippen LogP contribution in [0.15, 0.2) is 47.0 Å². The lowest BCUT2D eigenvalue weighted by Crippen LogP contribution is -2.39. The lowest BCUT2D eigenvalue weighted by Gasteiger charge is -2.33. The zero-order valence-corrected chi connectivity index (χ0v) is 17.3. The number of rotatable bonds is 5. The first-order valence-electron chi connectivity index (χ1n) is 10.4. The van der Waals surface area contributed by atoms with E-state index in [1.807, 2.05) is 36.2 Å². The molecular weight excluding hydrogens is 364 g/mol. The third-order valence-electron chi connectivity index (χ3n) is 5.55. The molecule has 1 amide bonds. The molecule has 0 N–H and O–H groups in total. The van der Waals surface area contributed by atoms with Crippen molar-refractivity contribution in [3.63, 3.8) is 0 Å². The van der Waals surface area contributed by atoms with Crippen LogP contribution in [0.25, 0.3) is 0 Å². The molecule has 4 rings (SSSR count). The number of aryl methyl sites for hydroxylation is 1. The van der Waals surface area contributed by atoms with Crippen molar-refractivity contribution < 1.29 is 9.21 Å². The van der Waals surface area contributed by atoms with Crippen LogP contribution in [0.4, 0.5) is 0 Å². The largest absolute Gasteiger partial charge is 0.443 e. The van der Waals surface area contributed by atoms with Crippen molar-refractivity contribution in [3.05, 3.63) is 71.2 Å². The Balaban J connectivity index is 1.56. The van der Waals surface area contributed by atoms with E-state index in [-0.39, 0.29) is 17.9 Å². The van der Waals surface area contributed by atoms with Crippen molar-refractivity contribution >= 4 is 5.91 Å². The van der Waals surface area contributed by atoms with E-state index in [0.717, 1.165) is 30.7 Å². The van der Waals surface area contributed by atoms with Crippen LogP contribution in [0.2, 0.25) is 0 Å². The number of aromatic nitrogens is 3. The van der Waals surface area contributed by atoms with Crippen molar-refractivity contribution in [1.29, 1.82) is 0 Å². The normalized spacial score (nSPS) is 17.1. The molecule has 1 aromatic carbocycles. The Labute approximate surface area is 171 Å². The monoisotopic (exact) mass is 392 g/mol. The fourth-order valence-corrected chi connectivity index (χ4v) is 3.91. The molecule has 0 spiro atoms. The SMILES string of the molecule is CC(C)c1cc(C(=O)N2CCCCC2c2ncc(Cc3ccccc3)o2)n(C)n1. The smallest absolute Gasteiger partial charge is 0.272 e.